The number of nitrogens with one attached hydrogen (secondary N) is 2. The normalized spacial score (nSPS) is 23.6. The molecule has 0 bridgehead atoms. The highest BCUT2D eigenvalue weighted by atomic mass is 19.1. The molecule has 1 unspecified atom stereocenters. The van der Waals surface area contributed by atoms with Gasteiger partial charge in [-0.1, -0.05) is 12.1 Å². The van der Waals surface area contributed by atoms with Crippen LogP contribution in [0.25, 0.3) is 0 Å². The first-order chi connectivity index (χ1) is 11.7. The Morgan fingerprint density at radius 3 is 2.62 bits per heavy atom. The Morgan fingerprint density at radius 1 is 1.21 bits per heavy atom. The van der Waals surface area contributed by atoms with E-state index in [1.165, 1.54) is 12.1 Å². The molecule has 5 nitrogen and oxygen atoms in total. The second kappa shape index (κ2) is 8.05. The summed E-state index contributed by atoms with van der Waals surface area (Å²) in [6.45, 7) is 3.93. The zero-order chi connectivity index (χ0) is 16.8. The predicted octanol–water partition coefficient (Wildman–Crippen LogP) is 1.37. The average Bonchev–Trinajstić information content (AvgIpc) is 2.62. The summed E-state index contributed by atoms with van der Waals surface area (Å²) in [5.74, 6) is -0.223. The molecule has 2 saturated heterocycles. The zero-order valence-corrected chi connectivity index (χ0v) is 13.9. The van der Waals surface area contributed by atoms with Crippen LogP contribution in [0.15, 0.2) is 24.3 Å². The van der Waals surface area contributed by atoms with Crippen LogP contribution in [0, 0.1) is 5.82 Å². The quantitative estimate of drug-likeness (QED) is 0.853. The van der Waals surface area contributed by atoms with Gasteiger partial charge in [-0.25, -0.2) is 4.39 Å². The van der Waals surface area contributed by atoms with Gasteiger partial charge in [0.15, 0.2) is 0 Å². The first-order valence-electron chi connectivity index (χ1n) is 8.60. The lowest BCUT2D eigenvalue weighted by molar-refractivity contribution is -0.122. The van der Waals surface area contributed by atoms with E-state index in [1.807, 2.05) is 12.1 Å². The van der Waals surface area contributed by atoms with Gasteiger partial charge in [0.05, 0.1) is 13.2 Å². The number of rotatable bonds is 5. The van der Waals surface area contributed by atoms with Crippen molar-refractivity contribution in [1.29, 1.82) is 0 Å². The Labute approximate surface area is 141 Å². The van der Waals surface area contributed by atoms with Crippen LogP contribution in [0.4, 0.5) is 4.39 Å². The van der Waals surface area contributed by atoms with Crippen molar-refractivity contribution in [1.82, 2.24) is 10.6 Å². The maximum atomic E-state index is 13.2. The Kier molecular flexibility index (Phi) is 5.81. The minimum absolute atomic E-state index is 0.0194. The molecule has 3 rings (SSSR count). The van der Waals surface area contributed by atoms with Gasteiger partial charge >= 0.3 is 0 Å². The second-order valence-electron chi connectivity index (χ2n) is 6.61. The van der Waals surface area contributed by atoms with Gasteiger partial charge in [-0.15, -0.1) is 0 Å². The Bertz CT molecular complexity index is 538. The Morgan fingerprint density at radius 2 is 1.96 bits per heavy atom. The minimum Gasteiger partial charge on any atom is -0.381 e. The van der Waals surface area contributed by atoms with E-state index in [9.17, 15) is 9.18 Å². The van der Waals surface area contributed by atoms with Crippen LogP contribution in [-0.2, 0) is 19.7 Å². The van der Waals surface area contributed by atoms with Crippen molar-refractivity contribution in [2.24, 2.45) is 0 Å². The van der Waals surface area contributed by atoms with E-state index in [-0.39, 0.29) is 23.2 Å². The van der Waals surface area contributed by atoms with Crippen molar-refractivity contribution in [3.63, 3.8) is 0 Å². The molecule has 2 aliphatic rings. The highest BCUT2D eigenvalue weighted by Gasteiger charge is 2.35. The predicted molar refractivity (Wildman–Crippen MR) is 88.4 cm³/mol. The lowest BCUT2D eigenvalue weighted by Gasteiger charge is -2.38. The number of hydrogen-bond acceptors (Lipinski definition) is 4. The number of carbonyl (C=O) groups excluding carboxylic acids is 1. The van der Waals surface area contributed by atoms with Gasteiger partial charge in [0.25, 0.3) is 0 Å². The van der Waals surface area contributed by atoms with Crippen molar-refractivity contribution in [3.05, 3.63) is 35.6 Å². The van der Waals surface area contributed by atoms with Crippen molar-refractivity contribution in [3.8, 4) is 0 Å². The molecule has 1 amide bonds. The number of morpholine rings is 1. The molecule has 0 aliphatic carbocycles. The summed E-state index contributed by atoms with van der Waals surface area (Å²) in [4.78, 5) is 12.3. The molecule has 2 aliphatic heterocycles. The zero-order valence-electron chi connectivity index (χ0n) is 13.9. The average molecular weight is 336 g/mol. The molecule has 6 heteroatoms. The lowest BCUT2D eigenvalue weighted by atomic mass is 9.74. The number of halogens is 1. The molecule has 2 fully saturated rings. The molecule has 2 heterocycles. The summed E-state index contributed by atoms with van der Waals surface area (Å²) in [7, 11) is 0. The third-order valence-corrected chi connectivity index (χ3v) is 4.96. The van der Waals surface area contributed by atoms with E-state index < -0.39 is 0 Å². The fourth-order valence-corrected chi connectivity index (χ4v) is 3.45. The maximum Gasteiger partial charge on any atom is 0.221 e. The molecule has 1 aromatic rings. The van der Waals surface area contributed by atoms with Crippen LogP contribution >= 0.6 is 0 Å². The fraction of sp³-hybridized carbons (Fsp3) is 0.611. The van der Waals surface area contributed by atoms with Gasteiger partial charge in [0.1, 0.15) is 5.82 Å². The molecule has 0 aromatic heterocycles. The van der Waals surface area contributed by atoms with Crippen LogP contribution in [0.1, 0.15) is 24.8 Å². The molecule has 1 aromatic carbocycles. The number of benzene rings is 1. The van der Waals surface area contributed by atoms with Crippen LogP contribution in [0.5, 0.6) is 0 Å². The van der Waals surface area contributed by atoms with Gasteiger partial charge in [-0.3, -0.25) is 4.79 Å². The van der Waals surface area contributed by atoms with Crippen molar-refractivity contribution < 1.29 is 18.7 Å². The highest BCUT2D eigenvalue weighted by Crippen LogP contribution is 2.34. The van der Waals surface area contributed by atoms with Crippen LogP contribution < -0.4 is 10.6 Å². The Hall–Kier alpha value is -1.50. The number of amides is 1. The second-order valence-corrected chi connectivity index (χ2v) is 6.61. The van der Waals surface area contributed by atoms with E-state index in [1.54, 1.807) is 0 Å². The first kappa shape index (κ1) is 17.3. The largest absolute Gasteiger partial charge is 0.381 e. The summed E-state index contributed by atoms with van der Waals surface area (Å²) in [5.41, 5.74) is 0.879. The van der Waals surface area contributed by atoms with E-state index in [0.717, 1.165) is 24.9 Å². The lowest BCUT2D eigenvalue weighted by Crippen LogP contribution is -2.48. The van der Waals surface area contributed by atoms with E-state index >= 15 is 0 Å². The maximum absolute atomic E-state index is 13.2. The number of carbonyl (C=O) groups is 1. The SMILES string of the molecule is O=C(CC1COCCN1)NCC1(c2ccc(F)cc2)CCOCC1. The van der Waals surface area contributed by atoms with Gasteiger partial charge in [-0.2, -0.15) is 0 Å². The fourth-order valence-electron chi connectivity index (χ4n) is 3.45. The van der Waals surface area contributed by atoms with Crippen LogP contribution in [0.3, 0.4) is 0 Å². The molecule has 0 spiro atoms. The topological polar surface area (TPSA) is 59.6 Å². The minimum atomic E-state index is -0.242. The summed E-state index contributed by atoms with van der Waals surface area (Å²) >= 11 is 0. The monoisotopic (exact) mass is 336 g/mol. The molecule has 24 heavy (non-hydrogen) atoms. The highest BCUT2D eigenvalue weighted by molar-refractivity contribution is 5.76. The summed E-state index contributed by atoms with van der Waals surface area (Å²) in [6.07, 6.45) is 2.06. The summed E-state index contributed by atoms with van der Waals surface area (Å²) in [6, 6.07) is 6.69. The number of ether oxygens (including phenoxy) is 2. The van der Waals surface area contributed by atoms with E-state index in [4.69, 9.17) is 9.47 Å². The number of hydrogen-bond donors (Lipinski definition) is 2. The van der Waals surface area contributed by atoms with Crippen LogP contribution in [-0.4, -0.2) is 51.5 Å². The third kappa shape index (κ3) is 4.32. The Balaban J connectivity index is 1.61. The third-order valence-electron chi connectivity index (χ3n) is 4.96. The van der Waals surface area contributed by atoms with Crippen molar-refractivity contribution >= 4 is 5.91 Å². The molecule has 132 valence electrons. The molecule has 0 radical (unpaired) electrons. The molecule has 2 N–H and O–H groups in total. The van der Waals surface area contributed by atoms with Gasteiger partial charge < -0.3 is 20.1 Å². The molecule has 1 atom stereocenters. The van der Waals surface area contributed by atoms with Crippen molar-refractivity contribution in [2.75, 3.05) is 39.5 Å². The first-order valence-corrected chi connectivity index (χ1v) is 8.60. The molecular weight excluding hydrogens is 311 g/mol. The standard InChI is InChI=1S/C18H25FN2O3/c19-15-3-1-14(2-4-15)18(5-8-23-9-6-18)13-21-17(22)11-16-12-24-10-7-20-16/h1-4,16,20H,5-13H2,(H,21,22). The summed E-state index contributed by atoms with van der Waals surface area (Å²) < 4.78 is 24.1. The van der Waals surface area contributed by atoms with Gasteiger partial charge in [0.2, 0.25) is 5.91 Å². The van der Waals surface area contributed by atoms with Gasteiger partial charge in [0, 0.05) is 44.2 Å². The molecular formula is C18H25FN2O3. The molecule has 0 saturated carbocycles. The van der Waals surface area contributed by atoms with E-state index in [0.29, 0.717) is 39.4 Å². The van der Waals surface area contributed by atoms with Crippen LogP contribution in [0.2, 0.25) is 0 Å². The summed E-state index contributed by atoms with van der Waals surface area (Å²) in [5, 5.41) is 6.36. The van der Waals surface area contributed by atoms with Gasteiger partial charge in [-0.05, 0) is 30.5 Å². The smallest absolute Gasteiger partial charge is 0.221 e. The van der Waals surface area contributed by atoms with Crippen molar-refractivity contribution in [2.45, 2.75) is 30.7 Å². The van der Waals surface area contributed by atoms with E-state index in [2.05, 4.69) is 10.6 Å².